The molecule has 126 valence electrons. The van der Waals surface area contributed by atoms with Crippen molar-refractivity contribution in [1.82, 2.24) is 20.6 Å². The zero-order valence-corrected chi connectivity index (χ0v) is 13.5. The minimum Gasteiger partial charge on any atom is -0.350 e. The Labute approximate surface area is 139 Å². The molecule has 0 spiro atoms. The van der Waals surface area contributed by atoms with E-state index in [2.05, 4.69) is 20.6 Å². The van der Waals surface area contributed by atoms with E-state index in [1.165, 1.54) is 0 Å². The summed E-state index contributed by atoms with van der Waals surface area (Å²) in [6, 6.07) is 7.07. The van der Waals surface area contributed by atoms with Crippen LogP contribution in [0, 0.1) is 5.82 Å². The van der Waals surface area contributed by atoms with E-state index in [4.69, 9.17) is 0 Å². The second kappa shape index (κ2) is 8.14. The number of benzene rings is 1. The van der Waals surface area contributed by atoms with E-state index in [9.17, 15) is 14.0 Å². The summed E-state index contributed by atoms with van der Waals surface area (Å²) in [5.74, 6) is -1.38. The number of halogens is 1. The molecule has 2 aromatic rings. The average molecular weight is 330 g/mol. The van der Waals surface area contributed by atoms with Gasteiger partial charge in [0, 0.05) is 18.2 Å². The average Bonchev–Trinajstić information content (AvgIpc) is 2.60. The van der Waals surface area contributed by atoms with Gasteiger partial charge < -0.3 is 10.6 Å². The molecule has 2 N–H and O–H groups in total. The molecule has 1 aromatic heterocycles. The fourth-order valence-corrected chi connectivity index (χ4v) is 1.92. The van der Waals surface area contributed by atoms with Crippen LogP contribution in [-0.4, -0.2) is 27.8 Å². The van der Waals surface area contributed by atoms with Gasteiger partial charge in [-0.2, -0.15) is 0 Å². The molecule has 0 fully saturated rings. The third-order valence-electron chi connectivity index (χ3n) is 3.46. The van der Waals surface area contributed by atoms with E-state index in [0.29, 0.717) is 5.56 Å². The van der Waals surface area contributed by atoms with E-state index in [1.54, 1.807) is 24.3 Å². The first-order valence-electron chi connectivity index (χ1n) is 7.65. The molecule has 24 heavy (non-hydrogen) atoms. The van der Waals surface area contributed by atoms with Crippen molar-refractivity contribution in [2.24, 2.45) is 0 Å². The molecular weight excluding hydrogens is 311 g/mol. The Bertz CT molecular complexity index is 719. The van der Waals surface area contributed by atoms with Crippen LogP contribution >= 0.6 is 0 Å². The second-order valence-corrected chi connectivity index (χ2v) is 5.39. The molecule has 0 aliphatic carbocycles. The summed E-state index contributed by atoms with van der Waals surface area (Å²) in [5.41, 5.74) is 1.29. The predicted molar refractivity (Wildman–Crippen MR) is 86.8 cm³/mol. The summed E-state index contributed by atoms with van der Waals surface area (Å²) < 4.78 is 12.7. The summed E-state index contributed by atoms with van der Waals surface area (Å²) in [6.07, 6.45) is 2.71. The third kappa shape index (κ3) is 4.84. The number of nitrogens with one attached hydrogen (secondary N) is 2. The van der Waals surface area contributed by atoms with Gasteiger partial charge in [-0.1, -0.05) is 19.1 Å². The minimum atomic E-state index is -0.605. The number of carbonyl (C=O) groups is 2. The van der Waals surface area contributed by atoms with Crippen LogP contribution in [0.2, 0.25) is 0 Å². The van der Waals surface area contributed by atoms with E-state index in [-0.39, 0.29) is 24.3 Å². The zero-order chi connectivity index (χ0) is 17.5. The predicted octanol–water partition coefficient (Wildman–Crippen LogP) is 2.07. The van der Waals surface area contributed by atoms with Gasteiger partial charge in [0.05, 0.1) is 12.4 Å². The molecule has 1 heterocycles. The largest absolute Gasteiger partial charge is 0.350 e. The highest BCUT2D eigenvalue weighted by Crippen LogP contribution is 2.06. The van der Waals surface area contributed by atoms with Crippen molar-refractivity contribution in [1.29, 1.82) is 0 Å². The van der Waals surface area contributed by atoms with Crippen molar-refractivity contribution >= 4 is 11.8 Å². The molecule has 0 bridgehead atoms. The van der Waals surface area contributed by atoms with Crippen LogP contribution in [0.3, 0.4) is 0 Å². The molecule has 0 radical (unpaired) electrons. The van der Waals surface area contributed by atoms with Crippen LogP contribution in [0.25, 0.3) is 0 Å². The molecular formula is C17H19FN4O2. The molecule has 0 aliphatic rings. The second-order valence-electron chi connectivity index (χ2n) is 5.39. The summed E-state index contributed by atoms with van der Waals surface area (Å²) >= 11 is 0. The number of amides is 2. The topological polar surface area (TPSA) is 84.0 Å². The molecule has 1 atom stereocenters. The van der Waals surface area contributed by atoms with Crippen LogP contribution in [0.1, 0.15) is 46.8 Å². The lowest BCUT2D eigenvalue weighted by Gasteiger charge is -2.12. The van der Waals surface area contributed by atoms with Crippen LogP contribution in [0.5, 0.6) is 0 Å². The van der Waals surface area contributed by atoms with E-state index >= 15 is 0 Å². The molecule has 7 heteroatoms. The first-order valence-corrected chi connectivity index (χ1v) is 7.65. The monoisotopic (exact) mass is 330 g/mol. The molecule has 1 unspecified atom stereocenters. The molecule has 6 nitrogen and oxygen atoms in total. The quantitative estimate of drug-likeness (QED) is 0.849. The van der Waals surface area contributed by atoms with Crippen molar-refractivity contribution in [3.63, 3.8) is 0 Å². The first-order chi connectivity index (χ1) is 11.5. The van der Waals surface area contributed by atoms with Gasteiger partial charge >= 0.3 is 0 Å². The van der Waals surface area contributed by atoms with E-state index < -0.39 is 11.7 Å². The maximum atomic E-state index is 12.7. The number of nitrogens with zero attached hydrogens (tertiary/aromatic N) is 2. The lowest BCUT2D eigenvalue weighted by molar-refractivity contribution is 0.0934. The Kier molecular flexibility index (Phi) is 5.95. The highest BCUT2D eigenvalue weighted by molar-refractivity contribution is 5.94. The van der Waals surface area contributed by atoms with Gasteiger partial charge in [0.25, 0.3) is 11.8 Å². The number of hydrogen-bond acceptors (Lipinski definition) is 4. The Hall–Kier alpha value is -2.83. The number of rotatable bonds is 6. The number of carbonyl (C=O) groups excluding carboxylic acids is 2. The standard InChI is InChI=1S/C17H19FN4O2/c1-3-11(2)22-16(23)13-6-4-5-12(7-13)8-21-17(24)15-19-9-14(18)10-20-15/h4-7,9-11H,3,8H2,1-2H3,(H,21,24)(H,22,23). The highest BCUT2D eigenvalue weighted by Gasteiger charge is 2.11. The van der Waals surface area contributed by atoms with Gasteiger partial charge in [-0.25, -0.2) is 14.4 Å². The lowest BCUT2D eigenvalue weighted by atomic mass is 10.1. The lowest BCUT2D eigenvalue weighted by Crippen LogP contribution is -2.32. The van der Waals surface area contributed by atoms with Gasteiger partial charge in [0.1, 0.15) is 0 Å². The normalized spacial score (nSPS) is 11.6. The van der Waals surface area contributed by atoms with Gasteiger partial charge in [0.15, 0.2) is 5.82 Å². The molecule has 1 aromatic carbocycles. The Balaban J connectivity index is 1.98. The molecule has 2 amide bonds. The molecule has 0 aliphatic heterocycles. The number of aromatic nitrogens is 2. The SMILES string of the molecule is CCC(C)NC(=O)c1cccc(CNC(=O)c2ncc(F)cn2)c1. The summed E-state index contributed by atoms with van der Waals surface area (Å²) in [5, 5.41) is 5.52. The van der Waals surface area contributed by atoms with Crippen LogP contribution < -0.4 is 10.6 Å². The van der Waals surface area contributed by atoms with Crippen molar-refractivity contribution in [2.75, 3.05) is 0 Å². The summed E-state index contributed by atoms with van der Waals surface area (Å²) in [7, 11) is 0. The molecule has 0 saturated heterocycles. The maximum absolute atomic E-state index is 12.7. The summed E-state index contributed by atoms with van der Waals surface area (Å²) in [6.45, 7) is 4.14. The zero-order valence-electron chi connectivity index (χ0n) is 13.5. The minimum absolute atomic E-state index is 0.0940. The Morgan fingerprint density at radius 1 is 1.21 bits per heavy atom. The fraction of sp³-hybridized carbons (Fsp3) is 0.294. The third-order valence-corrected chi connectivity index (χ3v) is 3.46. The Morgan fingerprint density at radius 3 is 2.58 bits per heavy atom. The van der Waals surface area contributed by atoms with Gasteiger partial charge in [0.2, 0.25) is 5.82 Å². The van der Waals surface area contributed by atoms with Crippen molar-refractivity contribution < 1.29 is 14.0 Å². The highest BCUT2D eigenvalue weighted by atomic mass is 19.1. The van der Waals surface area contributed by atoms with Crippen LogP contribution in [0.4, 0.5) is 4.39 Å². The smallest absolute Gasteiger partial charge is 0.289 e. The van der Waals surface area contributed by atoms with E-state index in [0.717, 1.165) is 24.4 Å². The Morgan fingerprint density at radius 2 is 1.92 bits per heavy atom. The first kappa shape index (κ1) is 17.5. The van der Waals surface area contributed by atoms with Gasteiger partial charge in [-0.3, -0.25) is 9.59 Å². The van der Waals surface area contributed by atoms with Crippen molar-refractivity contribution in [3.05, 3.63) is 59.4 Å². The molecule has 0 saturated carbocycles. The van der Waals surface area contributed by atoms with Crippen molar-refractivity contribution in [2.45, 2.75) is 32.9 Å². The molecule has 2 rings (SSSR count). The van der Waals surface area contributed by atoms with Crippen molar-refractivity contribution in [3.8, 4) is 0 Å². The van der Waals surface area contributed by atoms with Crippen LogP contribution in [-0.2, 0) is 6.54 Å². The van der Waals surface area contributed by atoms with Crippen LogP contribution in [0.15, 0.2) is 36.7 Å². The number of hydrogen-bond donors (Lipinski definition) is 2. The van der Waals surface area contributed by atoms with E-state index in [1.807, 2.05) is 13.8 Å². The maximum Gasteiger partial charge on any atom is 0.289 e. The fourth-order valence-electron chi connectivity index (χ4n) is 1.92. The van der Waals surface area contributed by atoms with Gasteiger partial charge in [-0.05, 0) is 31.0 Å². The van der Waals surface area contributed by atoms with Gasteiger partial charge in [-0.15, -0.1) is 0 Å². The summed E-state index contributed by atoms with van der Waals surface area (Å²) in [4.78, 5) is 31.2.